The number of ether oxygens (including phenoxy) is 2. The van der Waals surface area contributed by atoms with Gasteiger partial charge in [0.05, 0.1) is 30.0 Å². The first-order valence-electron chi connectivity index (χ1n) is 10.3. The van der Waals surface area contributed by atoms with Gasteiger partial charge < -0.3 is 14.8 Å². The minimum atomic E-state index is -1.05. The maximum atomic E-state index is 13.1. The van der Waals surface area contributed by atoms with Crippen molar-refractivity contribution >= 4 is 46.7 Å². The summed E-state index contributed by atoms with van der Waals surface area (Å²) in [5.74, 6) is -1.66. The van der Waals surface area contributed by atoms with Crippen molar-refractivity contribution in [3.63, 3.8) is 0 Å². The molecular formula is C22H20ClN5O6. The highest BCUT2D eigenvalue weighted by molar-refractivity contribution is 6.33. The Hall–Kier alpha value is -3.99. The van der Waals surface area contributed by atoms with Crippen LogP contribution >= 0.6 is 11.6 Å². The number of nitrogens with zero attached hydrogens (tertiary/aromatic N) is 4. The van der Waals surface area contributed by atoms with E-state index >= 15 is 0 Å². The Morgan fingerprint density at radius 1 is 1.12 bits per heavy atom. The molecule has 2 aliphatic rings. The monoisotopic (exact) mass is 485 g/mol. The largest absolute Gasteiger partial charge is 0.495 e. The molecule has 176 valence electrons. The minimum absolute atomic E-state index is 0.240. The number of fused-ring (bicyclic) bond motifs is 1. The second kappa shape index (κ2) is 9.48. The first-order valence-corrected chi connectivity index (χ1v) is 10.7. The van der Waals surface area contributed by atoms with Crippen molar-refractivity contribution in [3.8, 4) is 5.75 Å². The van der Waals surface area contributed by atoms with Gasteiger partial charge in [-0.05, 0) is 49.4 Å². The number of benzene rings is 2. The Labute approximate surface area is 199 Å². The van der Waals surface area contributed by atoms with Gasteiger partial charge in [0.25, 0.3) is 11.8 Å². The number of hydrogen-bond donors (Lipinski definition) is 1. The number of methoxy groups -OCH3 is 1. The second-order valence-electron chi connectivity index (χ2n) is 7.37. The molecule has 0 bridgehead atoms. The van der Waals surface area contributed by atoms with E-state index in [1.165, 1.54) is 36.4 Å². The van der Waals surface area contributed by atoms with Crippen molar-refractivity contribution in [1.82, 2.24) is 5.01 Å². The molecule has 0 saturated carbocycles. The molecule has 2 aromatic rings. The van der Waals surface area contributed by atoms with Gasteiger partial charge in [-0.1, -0.05) is 16.8 Å². The number of halogens is 1. The lowest BCUT2D eigenvalue weighted by Gasteiger charge is -2.20. The fraction of sp³-hybridized carbons (Fsp3) is 0.273. The molecule has 2 aliphatic heterocycles. The Balaban J connectivity index is 1.43. The molecule has 0 aliphatic carbocycles. The second-order valence-corrected chi connectivity index (χ2v) is 7.78. The fourth-order valence-corrected chi connectivity index (χ4v) is 3.91. The molecule has 0 radical (unpaired) electrons. The topological polar surface area (TPSA) is 130 Å². The fourth-order valence-electron chi connectivity index (χ4n) is 3.65. The van der Waals surface area contributed by atoms with Crippen LogP contribution in [0.4, 0.5) is 11.4 Å². The number of rotatable bonds is 7. The number of carbonyl (C=O) groups is 4. The van der Waals surface area contributed by atoms with Crippen LogP contribution in [-0.2, 0) is 19.1 Å². The van der Waals surface area contributed by atoms with E-state index in [-0.39, 0.29) is 23.9 Å². The third kappa shape index (κ3) is 4.29. The predicted molar refractivity (Wildman–Crippen MR) is 121 cm³/mol. The number of amides is 3. The number of esters is 1. The SMILES string of the molecule is CCOC(=O)c1ccc(NC(=O)CN2N=N[C@H]3C(=O)N(c4ccc(OC)c(Cl)c4)C(=O)[C@@H]32)cc1. The third-order valence-corrected chi connectivity index (χ3v) is 5.53. The summed E-state index contributed by atoms with van der Waals surface area (Å²) < 4.78 is 10.0. The van der Waals surface area contributed by atoms with Crippen molar-refractivity contribution in [3.05, 3.63) is 53.1 Å². The van der Waals surface area contributed by atoms with Crippen LogP contribution in [0.2, 0.25) is 5.02 Å². The Bertz CT molecular complexity index is 1180. The van der Waals surface area contributed by atoms with Crippen LogP contribution in [0.15, 0.2) is 52.8 Å². The van der Waals surface area contributed by atoms with E-state index in [1.807, 2.05) is 0 Å². The third-order valence-electron chi connectivity index (χ3n) is 5.24. The van der Waals surface area contributed by atoms with E-state index in [0.29, 0.717) is 17.0 Å². The molecule has 0 unspecified atom stereocenters. The maximum absolute atomic E-state index is 13.1. The van der Waals surface area contributed by atoms with Crippen LogP contribution in [0.1, 0.15) is 17.3 Å². The van der Waals surface area contributed by atoms with E-state index in [4.69, 9.17) is 21.1 Å². The molecule has 1 fully saturated rings. The van der Waals surface area contributed by atoms with Gasteiger partial charge in [-0.3, -0.25) is 19.4 Å². The summed E-state index contributed by atoms with van der Waals surface area (Å²) in [4.78, 5) is 51.2. The van der Waals surface area contributed by atoms with E-state index in [1.54, 1.807) is 25.1 Å². The van der Waals surface area contributed by atoms with Crippen LogP contribution in [0.25, 0.3) is 0 Å². The molecule has 34 heavy (non-hydrogen) atoms. The summed E-state index contributed by atoms with van der Waals surface area (Å²) in [7, 11) is 1.45. The summed E-state index contributed by atoms with van der Waals surface area (Å²) in [5.41, 5.74) is 1.07. The molecule has 0 aromatic heterocycles. The molecule has 11 nitrogen and oxygen atoms in total. The van der Waals surface area contributed by atoms with Gasteiger partial charge >= 0.3 is 5.97 Å². The van der Waals surface area contributed by atoms with Crippen LogP contribution in [-0.4, -0.2) is 61.0 Å². The highest BCUT2D eigenvalue weighted by Crippen LogP contribution is 2.35. The van der Waals surface area contributed by atoms with Crippen molar-refractivity contribution < 1.29 is 28.7 Å². The van der Waals surface area contributed by atoms with Gasteiger partial charge in [0.15, 0.2) is 12.1 Å². The molecule has 3 amide bonds. The van der Waals surface area contributed by atoms with Crippen LogP contribution in [0.5, 0.6) is 5.75 Å². The molecule has 1 saturated heterocycles. The average molecular weight is 486 g/mol. The quantitative estimate of drug-likeness (QED) is 0.471. The highest BCUT2D eigenvalue weighted by atomic mass is 35.5. The highest BCUT2D eigenvalue weighted by Gasteiger charge is 2.55. The average Bonchev–Trinajstić information content (AvgIpc) is 3.33. The van der Waals surface area contributed by atoms with Gasteiger partial charge in [0, 0.05) is 5.69 Å². The molecule has 12 heteroatoms. The van der Waals surface area contributed by atoms with Gasteiger partial charge in [0.1, 0.15) is 12.3 Å². The van der Waals surface area contributed by atoms with Crippen LogP contribution < -0.4 is 15.0 Å². The van der Waals surface area contributed by atoms with E-state index < -0.39 is 35.8 Å². The zero-order chi connectivity index (χ0) is 24.4. The summed E-state index contributed by atoms with van der Waals surface area (Å²) in [5, 5.41) is 11.8. The predicted octanol–water partition coefficient (Wildman–Crippen LogP) is 2.46. The molecule has 2 atom stereocenters. The van der Waals surface area contributed by atoms with Gasteiger partial charge in [0.2, 0.25) is 5.91 Å². The van der Waals surface area contributed by atoms with E-state index in [9.17, 15) is 19.2 Å². The summed E-state index contributed by atoms with van der Waals surface area (Å²) >= 11 is 6.14. The van der Waals surface area contributed by atoms with E-state index in [0.717, 1.165) is 4.90 Å². The van der Waals surface area contributed by atoms with Crippen molar-refractivity contribution in [2.75, 3.05) is 30.5 Å². The summed E-state index contributed by atoms with van der Waals surface area (Å²) in [6.07, 6.45) is 0. The lowest BCUT2D eigenvalue weighted by atomic mass is 10.1. The molecular weight excluding hydrogens is 466 g/mol. The first-order chi connectivity index (χ1) is 16.3. The van der Waals surface area contributed by atoms with Gasteiger partial charge in [-0.2, -0.15) is 5.11 Å². The standard InChI is InChI=1S/C22H20ClN5O6/c1-3-34-22(32)12-4-6-13(7-5-12)24-17(29)11-27-19-18(25-26-27)20(30)28(21(19)31)14-8-9-16(33-2)15(23)10-14/h4-10,18-19H,3,11H2,1-2H3,(H,24,29)/t18-,19-/m1/s1. The van der Waals surface area contributed by atoms with Crippen LogP contribution in [0, 0.1) is 0 Å². The molecule has 0 spiro atoms. The molecule has 2 aromatic carbocycles. The number of nitrogens with one attached hydrogen (secondary N) is 1. The lowest BCUT2D eigenvalue weighted by molar-refractivity contribution is -0.123. The van der Waals surface area contributed by atoms with Gasteiger partial charge in [-0.15, -0.1) is 0 Å². The summed E-state index contributed by atoms with van der Waals surface area (Å²) in [6.45, 7) is 1.66. The minimum Gasteiger partial charge on any atom is -0.495 e. The van der Waals surface area contributed by atoms with Crippen LogP contribution in [0.3, 0.4) is 0 Å². The zero-order valence-electron chi connectivity index (χ0n) is 18.2. The first kappa shape index (κ1) is 23.2. The number of carbonyl (C=O) groups excluding carboxylic acids is 4. The zero-order valence-corrected chi connectivity index (χ0v) is 19.0. The summed E-state index contributed by atoms with van der Waals surface area (Å²) in [6, 6.07) is 8.60. The molecule has 4 rings (SSSR count). The molecule has 2 heterocycles. The Morgan fingerprint density at radius 2 is 1.85 bits per heavy atom. The van der Waals surface area contributed by atoms with Crippen molar-refractivity contribution in [2.24, 2.45) is 10.3 Å². The van der Waals surface area contributed by atoms with E-state index in [2.05, 4.69) is 15.7 Å². The van der Waals surface area contributed by atoms with Crippen molar-refractivity contribution in [1.29, 1.82) is 0 Å². The number of hydrogen-bond acceptors (Lipinski definition) is 9. The number of anilines is 2. The van der Waals surface area contributed by atoms with Crippen molar-refractivity contribution in [2.45, 2.75) is 19.0 Å². The van der Waals surface area contributed by atoms with Gasteiger partial charge in [-0.25, -0.2) is 9.69 Å². The molecule has 1 N–H and O–H groups in total. The lowest BCUT2D eigenvalue weighted by Crippen LogP contribution is -2.43. The normalized spacial score (nSPS) is 18.8. The number of imide groups is 1. The maximum Gasteiger partial charge on any atom is 0.338 e. The Morgan fingerprint density at radius 3 is 2.50 bits per heavy atom. The smallest absolute Gasteiger partial charge is 0.338 e. The Kier molecular flexibility index (Phi) is 6.46.